The van der Waals surface area contributed by atoms with E-state index in [9.17, 15) is 29.1 Å². The molecule has 0 radical (unpaired) electrons. The molecule has 11 nitrogen and oxygen atoms in total. The Hall–Kier alpha value is -4.36. The van der Waals surface area contributed by atoms with Crippen LogP contribution < -0.4 is 10.6 Å². The van der Waals surface area contributed by atoms with Gasteiger partial charge in [0, 0.05) is 22.0 Å². The number of ether oxygens (including phenoxy) is 2. The summed E-state index contributed by atoms with van der Waals surface area (Å²) in [7, 11) is 0. The zero-order valence-electron chi connectivity index (χ0n) is 24.7. The zero-order chi connectivity index (χ0) is 32.0. The number of thiophene rings is 1. The molecule has 44 heavy (non-hydrogen) atoms. The van der Waals surface area contributed by atoms with Crippen LogP contribution in [0.2, 0.25) is 0 Å². The van der Waals surface area contributed by atoms with Crippen molar-refractivity contribution in [3.05, 3.63) is 75.7 Å². The second-order valence-electron chi connectivity index (χ2n) is 10.7. The number of hydrogen-bond donors (Lipinski definition) is 3. The van der Waals surface area contributed by atoms with E-state index < -0.39 is 29.5 Å². The van der Waals surface area contributed by atoms with Crippen molar-refractivity contribution in [3.8, 4) is 0 Å². The molecule has 1 aliphatic heterocycles. The van der Waals surface area contributed by atoms with E-state index >= 15 is 0 Å². The monoisotopic (exact) mass is 639 g/mol. The molecule has 0 saturated carbocycles. The van der Waals surface area contributed by atoms with Crippen LogP contribution in [0.1, 0.15) is 69.2 Å². The summed E-state index contributed by atoms with van der Waals surface area (Å²) in [5, 5.41) is 15.3. The molecule has 3 amide bonds. The summed E-state index contributed by atoms with van der Waals surface area (Å²) in [6, 6.07) is 12.7. The number of rotatable bonds is 9. The van der Waals surface area contributed by atoms with Gasteiger partial charge in [-0.3, -0.25) is 9.59 Å². The van der Waals surface area contributed by atoms with E-state index in [1.54, 1.807) is 69.0 Å². The van der Waals surface area contributed by atoms with Gasteiger partial charge in [0.15, 0.2) is 0 Å². The van der Waals surface area contributed by atoms with Gasteiger partial charge < -0.3 is 30.1 Å². The average molecular weight is 640 g/mol. The number of aromatic carboxylic acids is 1. The Bertz CT molecular complexity index is 1590. The molecule has 3 N–H and O–H groups in total. The summed E-state index contributed by atoms with van der Waals surface area (Å²) in [6.07, 6.45) is -0.0278. The van der Waals surface area contributed by atoms with Crippen molar-refractivity contribution in [2.24, 2.45) is 0 Å². The summed E-state index contributed by atoms with van der Waals surface area (Å²) in [5.41, 5.74) is 0.774. The largest absolute Gasteiger partial charge is 0.478 e. The highest BCUT2D eigenvalue weighted by atomic mass is 32.2. The van der Waals surface area contributed by atoms with E-state index in [0.717, 1.165) is 10.4 Å². The van der Waals surface area contributed by atoms with Crippen LogP contribution in [0.5, 0.6) is 0 Å². The molecule has 3 aromatic rings. The molecule has 232 valence electrons. The number of fused-ring (bicyclic) bond motifs is 1. The van der Waals surface area contributed by atoms with E-state index in [4.69, 9.17) is 9.47 Å². The smallest absolute Gasteiger partial charge is 0.410 e. The highest BCUT2D eigenvalue weighted by molar-refractivity contribution is 8.00. The van der Waals surface area contributed by atoms with Gasteiger partial charge in [-0.25, -0.2) is 14.4 Å². The normalized spacial score (nSPS) is 12.6. The number of hydrogen-bond acceptors (Lipinski definition) is 9. The number of carbonyl (C=O) groups excluding carboxylic acids is 4. The van der Waals surface area contributed by atoms with E-state index in [1.165, 1.54) is 35.2 Å². The maximum Gasteiger partial charge on any atom is 0.410 e. The van der Waals surface area contributed by atoms with Crippen molar-refractivity contribution in [1.29, 1.82) is 0 Å². The Balaban J connectivity index is 1.43. The van der Waals surface area contributed by atoms with Crippen molar-refractivity contribution >= 4 is 63.6 Å². The van der Waals surface area contributed by atoms with Gasteiger partial charge in [-0.05, 0) is 70.0 Å². The molecule has 13 heteroatoms. The van der Waals surface area contributed by atoms with Crippen LogP contribution in [0, 0.1) is 0 Å². The number of carboxylic acids is 1. The van der Waals surface area contributed by atoms with Crippen LogP contribution >= 0.6 is 23.1 Å². The molecule has 0 fully saturated rings. The number of benzene rings is 2. The molecular weight excluding hydrogens is 606 g/mol. The number of carbonyl (C=O) groups is 5. The van der Waals surface area contributed by atoms with Gasteiger partial charge in [0.05, 0.1) is 35.6 Å². The number of thioether (sulfide) groups is 1. The maximum absolute atomic E-state index is 13.0. The average Bonchev–Trinajstić information content (AvgIpc) is 3.32. The Labute approximate surface area is 262 Å². The lowest BCUT2D eigenvalue weighted by Crippen LogP contribution is -2.39. The molecule has 4 rings (SSSR count). The van der Waals surface area contributed by atoms with Gasteiger partial charge in [0.2, 0.25) is 5.91 Å². The van der Waals surface area contributed by atoms with Gasteiger partial charge in [-0.1, -0.05) is 18.2 Å². The van der Waals surface area contributed by atoms with E-state index in [1.807, 2.05) is 0 Å². The first kappa shape index (κ1) is 32.6. The second-order valence-corrected chi connectivity index (χ2v) is 12.9. The van der Waals surface area contributed by atoms with Crippen LogP contribution in [0.3, 0.4) is 0 Å². The Kier molecular flexibility index (Phi) is 10.3. The minimum Gasteiger partial charge on any atom is -0.478 e. The van der Waals surface area contributed by atoms with Crippen LogP contribution in [0.4, 0.5) is 15.5 Å². The highest BCUT2D eigenvalue weighted by Gasteiger charge is 2.32. The second kappa shape index (κ2) is 14.0. The van der Waals surface area contributed by atoms with Gasteiger partial charge in [0.25, 0.3) is 5.91 Å². The van der Waals surface area contributed by atoms with Crippen molar-refractivity contribution in [2.75, 3.05) is 29.5 Å². The molecule has 0 atom stereocenters. The fourth-order valence-corrected chi connectivity index (χ4v) is 6.46. The van der Waals surface area contributed by atoms with Gasteiger partial charge in [-0.15, -0.1) is 23.1 Å². The van der Waals surface area contributed by atoms with Crippen LogP contribution in [0.15, 0.2) is 53.4 Å². The molecule has 0 saturated heterocycles. The summed E-state index contributed by atoms with van der Waals surface area (Å²) >= 11 is 2.46. The fraction of sp³-hybridized carbons (Fsp3) is 0.323. The topological polar surface area (TPSA) is 151 Å². The SMILES string of the molecule is CCOC(=O)c1c(NC(=O)CSc2cccc(NC(=O)c3ccccc3C(=O)O)c2)sc2c1CCN(C(=O)OC(C)(C)C)C2. The molecule has 2 heterocycles. The number of anilines is 2. The molecular formula is C31H33N3O8S2. The minimum atomic E-state index is -1.20. The van der Waals surface area contributed by atoms with Crippen LogP contribution in [-0.4, -0.2) is 64.4 Å². The van der Waals surface area contributed by atoms with E-state index in [-0.39, 0.29) is 35.9 Å². The number of esters is 1. The lowest BCUT2D eigenvalue weighted by Gasteiger charge is -2.30. The maximum atomic E-state index is 13.0. The Morgan fingerprint density at radius 1 is 1.02 bits per heavy atom. The Morgan fingerprint density at radius 3 is 2.43 bits per heavy atom. The summed E-state index contributed by atoms with van der Waals surface area (Å²) in [5.74, 6) is -2.65. The molecule has 2 aromatic carbocycles. The number of nitrogens with zero attached hydrogens (tertiary/aromatic N) is 1. The molecule has 1 aromatic heterocycles. The van der Waals surface area contributed by atoms with Gasteiger partial charge in [-0.2, -0.15) is 0 Å². The first-order valence-electron chi connectivity index (χ1n) is 13.8. The lowest BCUT2D eigenvalue weighted by molar-refractivity contribution is -0.113. The zero-order valence-corrected chi connectivity index (χ0v) is 26.4. The highest BCUT2D eigenvalue weighted by Crippen LogP contribution is 2.38. The predicted molar refractivity (Wildman–Crippen MR) is 168 cm³/mol. The summed E-state index contributed by atoms with van der Waals surface area (Å²) in [4.78, 5) is 65.8. The minimum absolute atomic E-state index is 0.00805. The lowest BCUT2D eigenvalue weighted by atomic mass is 10.0. The first-order valence-corrected chi connectivity index (χ1v) is 15.6. The molecule has 0 bridgehead atoms. The third kappa shape index (κ3) is 8.17. The van der Waals surface area contributed by atoms with E-state index in [2.05, 4.69) is 10.6 Å². The Morgan fingerprint density at radius 2 is 1.75 bits per heavy atom. The van der Waals surface area contributed by atoms with E-state index in [0.29, 0.717) is 34.1 Å². The van der Waals surface area contributed by atoms with Crippen LogP contribution in [-0.2, 0) is 27.2 Å². The first-order chi connectivity index (χ1) is 20.9. The molecule has 0 aliphatic carbocycles. The summed E-state index contributed by atoms with van der Waals surface area (Å²) < 4.78 is 10.8. The van der Waals surface area contributed by atoms with Crippen molar-refractivity contribution in [2.45, 2.75) is 51.2 Å². The fourth-order valence-electron chi connectivity index (χ4n) is 4.43. The third-order valence-electron chi connectivity index (χ3n) is 6.31. The number of nitrogens with one attached hydrogen (secondary N) is 2. The van der Waals surface area contributed by atoms with Crippen LogP contribution in [0.25, 0.3) is 0 Å². The summed E-state index contributed by atoms with van der Waals surface area (Å²) in [6.45, 7) is 7.88. The van der Waals surface area contributed by atoms with Gasteiger partial charge in [0.1, 0.15) is 10.6 Å². The molecule has 0 spiro atoms. The molecule has 0 unspecified atom stereocenters. The quantitative estimate of drug-likeness (QED) is 0.192. The van der Waals surface area contributed by atoms with Crippen molar-refractivity contribution in [1.82, 2.24) is 4.90 Å². The third-order valence-corrected chi connectivity index (χ3v) is 8.43. The van der Waals surface area contributed by atoms with Gasteiger partial charge >= 0.3 is 18.0 Å². The molecule has 1 aliphatic rings. The predicted octanol–water partition coefficient (Wildman–Crippen LogP) is 5.90. The van der Waals surface area contributed by atoms with Crippen molar-refractivity contribution in [3.63, 3.8) is 0 Å². The number of amides is 3. The van der Waals surface area contributed by atoms with Crippen molar-refractivity contribution < 1.29 is 38.6 Å². The standard InChI is InChI=1S/C31H33N3O8S2/c1-5-41-29(39)25-22-13-14-34(30(40)42-31(2,3)4)16-23(22)44-27(25)33-24(35)17-43-19-10-8-9-18(15-19)32-26(36)20-11-6-7-12-21(20)28(37)38/h6-12,15H,5,13-14,16-17H2,1-4H3,(H,32,36)(H,33,35)(H,37,38). The number of carboxylic acid groups (broad SMARTS) is 1.